The Morgan fingerprint density at radius 1 is 1.18 bits per heavy atom. The van der Waals surface area contributed by atoms with Crippen molar-refractivity contribution in [3.05, 3.63) is 64.9 Å². The number of rotatable bonds is 3. The zero-order valence-electron chi connectivity index (χ0n) is 9.01. The summed E-state index contributed by atoms with van der Waals surface area (Å²) in [5, 5.41) is 0.578. The zero-order chi connectivity index (χ0) is 12.3. The average molecular weight is 263 g/mol. The number of hydrogen-bond acceptors (Lipinski definition) is 2. The van der Waals surface area contributed by atoms with Crippen LogP contribution in [0.5, 0.6) is 0 Å². The van der Waals surface area contributed by atoms with E-state index in [0.29, 0.717) is 15.7 Å². The lowest BCUT2D eigenvalue weighted by Crippen LogP contribution is -2.21. The summed E-state index contributed by atoms with van der Waals surface area (Å²) in [6.45, 7) is 0. The number of pyridine rings is 1. The molecular formula is C13H11ClN2S. The first kappa shape index (κ1) is 12.0. The first-order valence-corrected chi connectivity index (χ1v) is 5.93. The topological polar surface area (TPSA) is 38.9 Å². The molecule has 2 nitrogen and oxygen atoms in total. The number of thiocarbonyl (C=S) groups is 1. The molecule has 0 amide bonds. The summed E-state index contributed by atoms with van der Waals surface area (Å²) in [5.41, 5.74) is 7.50. The van der Waals surface area contributed by atoms with Crippen molar-refractivity contribution in [3.8, 4) is 0 Å². The summed E-state index contributed by atoms with van der Waals surface area (Å²) in [5.74, 6) is -0.236. The maximum absolute atomic E-state index is 6.14. The van der Waals surface area contributed by atoms with Gasteiger partial charge in [0, 0.05) is 6.20 Å². The molecule has 0 spiro atoms. The Morgan fingerprint density at radius 3 is 2.47 bits per heavy atom. The lowest BCUT2D eigenvalue weighted by molar-refractivity contribution is 0.999. The third-order valence-corrected chi connectivity index (χ3v) is 3.03. The lowest BCUT2D eigenvalue weighted by atomic mass is 9.95. The van der Waals surface area contributed by atoms with Crippen LogP contribution in [0.2, 0.25) is 5.02 Å². The summed E-state index contributed by atoms with van der Waals surface area (Å²) in [7, 11) is 0. The SMILES string of the molecule is NC(=S)C(c1ccccc1)c1ncccc1Cl. The van der Waals surface area contributed by atoms with E-state index >= 15 is 0 Å². The van der Waals surface area contributed by atoms with Gasteiger partial charge in [-0.25, -0.2) is 0 Å². The molecule has 2 rings (SSSR count). The van der Waals surface area contributed by atoms with E-state index in [4.69, 9.17) is 29.6 Å². The van der Waals surface area contributed by atoms with Crippen LogP contribution in [0.15, 0.2) is 48.7 Å². The van der Waals surface area contributed by atoms with Gasteiger partial charge in [0.25, 0.3) is 0 Å². The third-order valence-electron chi connectivity index (χ3n) is 2.48. The second-order valence-corrected chi connectivity index (χ2v) is 4.50. The standard InChI is InChI=1S/C13H11ClN2S/c14-10-7-4-8-16-12(10)11(13(15)17)9-5-2-1-3-6-9/h1-8,11H,(H2,15,17). The average Bonchev–Trinajstić information content (AvgIpc) is 2.33. The van der Waals surface area contributed by atoms with Crippen molar-refractivity contribution in [2.75, 3.05) is 0 Å². The summed E-state index contributed by atoms with van der Waals surface area (Å²) in [6, 6.07) is 13.3. The van der Waals surface area contributed by atoms with Crippen LogP contribution in [0.25, 0.3) is 0 Å². The molecule has 0 bridgehead atoms. The smallest absolute Gasteiger partial charge is 0.0864 e. The highest BCUT2D eigenvalue weighted by Crippen LogP contribution is 2.28. The molecule has 4 heteroatoms. The molecule has 0 aliphatic carbocycles. The second-order valence-electron chi connectivity index (χ2n) is 3.62. The van der Waals surface area contributed by atoms with Gasteiger partial charge >= 0.3 is 0 Å². The van der Waals surface area contributed by atoms with Crippen molar-refractivity contribution in [1.29, 1.82) is 0 Å². The number of benzene rings is 1. The van der Waals surface area contributed by atoms with Crippen molar-refractivity contribution in [1.82, 2.24) is 4.98 Å². The van der Waals surface area contributed by atoms with E-state index in [0.717, 1.165) is 5.56 Å². The predicted molar refractivity (Wildman–Crippen MR) is 74.3 cm³/mol. The van der Waals surface area contributed by atoms with Crippen molar-refractivity contribution < 1.29 is 0 Å². The van der Waals surface area contributed by atoms with Crippen molar-refractivity contribution >= 4 is 28.8 Å². The highest BCUT2D eigenvalue weighted by Gasteiger charge is 2.20. The van der Waals surface area contributed by atoms with E-state index in [2.05, 4.69) is 4.98 Å². The highest BCUT2D eigenvalue weighted by atomic mass is 35.5. The van der Waals surface area contributed by atoms with Crippen LogP contribution in [0, 0.1) is 0 Å². The van der Waals surface area contributed by atoms with Gasteiger partial charge in [0.05, 0.1) is 21.6 Å². The number of nitrogens with two attached hydrogens (primary N) is 1. The Hall–Kier alpha value is -1.45. The van der Waals surface area contributed by atoms with Gasteiger partial charge in [-0.15, -0.1) is 0 Å². The Morgan fingerprint density at radius 2 is 1.88 bits per heavy atom. The molecule has 86 valence electrons. The highest BCUT2D eigenvalue weighted by molar-refractivity contribution is 7.80. The molecule has 0 radical (unpaired) electrons. The summed E-state index contributed by atoms with van der Waals surface area (Å²) < 4.78 is 0. The van der Waals surface area contributed by atoms with Crippen LogP contribution in [-0.4, -0.2) is 9.97 Å². The predicted octanol–water partition coefficient (Wildman–Crippen LogP) is 3.15. The molecule has 0 saturated carbocycles. The quantitative estimate of drug-likeness (QED) is 0.864. The van der Waals surface area contributed by atoms with Gasteiger partial charge in [-0.1, -0.05) is 54.2 Å². The second kappa shape index (κ2) is 5.25. The molecule has 0 saturated heterocycles. The van der Waals surface area contributed by atoms with Crippen LogP contribution in [0.4, 0.5) is 0 Å². The molecule has 2 aromatic rings. The number of nitrogens with zero attached hydrogens (tertiary/aromatic N) is 1. The largest absolute Gasteiger partial charge is 0.392 e. The van der Waals surface area contributed by atoms with E-state index in [9.17, 15) is 0 Å². The first-order chi connectivity index (χ1) is 8.20. The van der Waals surface area contributed by atoms with Crippen LogP contribution in [0.1, 0.15) is 17.2 Å². The molecule has 0 aliphatic rings. The molecule has 1 aromatic carbocycles. The molecule has 0 fully saturated rings. The fourth-order valence-corrected chi connectivity index (χ4v) is 2.19. The fraction of sp³-hybridized carbons (Fsp3) is 0.0769. The number of halogens is 1. The van der Waals surface area contributed by atoms with Crippen molar-refractivity contribution in [2.24, 2.45) is 5.73 Å². The van der Waals surface area contributed by atoms with Crippen LogP contribution in [0.3, 0.4) is 0 Å². The van der Waals surface area contributed by atoms with Gasteiger partial charge in [-0.3, -0.25) is 4.98 Å². The maximum atomic E-state index is 6.14. The number of aromatic nitrogens is 1. The molecule has 0 aliphatic heterocycles. The minimum atomic E-state index is -0.236. The molecule has 1 atom stereocenters. The normalized spacial score (nSPS) is 12.1. The molecule has 1 aromatic heterocycles. The van der Waals surface area contributed by atoms with Gasteiger partial charge in [0.2, 0.25) is 0 Å². The molecule has 1 unspecified atom stereocenters. The van der Waals surface area contributed by atoms with Crippen LogP contribution >= 0.6 is 23.8 Å². The summed E-state index contributed by atoms with van der Waals surface area (Å²) >= 11 is 11.3. The van der Waals surface area contributed by atoms with Gasteiger partial charge < -0.3 is 5.73 Å². The monoisotopic (exact) mass is 262 g/mol. The van der Waals surface area contributed by atoms with Crippen molar-refractivity contribution in [2.45, 2.75) is 5.92 Å². The summed E-state index contributed by atoms with van der Waals surface area (Å²) in [6.07, 6.45) is 1.69. The van der Waals surface area contributed by atoms with E-state index in [1.165, 1.54) is 0 Å². The van der Waals surface area contributed by atoms with Gasteiger partial charge in [-0.05, 0) is 17.7 Å². The summed E-state index contributed by atoms with van der Waals surface area (Å²) in [4.78, 5) is 4.65. The van der Waals surface area contributed by atoms with E-state index in [1.54, 1.807) is 18.3 Å². The first-order valence-electron chi connectivity index (χ1n) is 5.15. The van der Waals surface area contributed by atoms with E-state index < -0.39 is 0 Å². The minimum absolute atomic E-state index is 0.236. The van der Waals surface area contributed by atoms with Gasteiger partial charge in [0.1, 0.15) is 0 Å². The lowest BCUT2D eigenvalue weighted by Gasteiger charge is -2.16. The molecule has 17 heavy (non-hydrogen) atoms. The van der Waals surface area contributed by atoms with Crippen LogP contribution in [-0.2, 0) is 0 Å². The Bertz CT molecular complexity index is 528. The zero-order valence-corrected chi connectivity index (χ0v) is 10.6. The third kappa shape index (κ3) is 2.62. The Kier molecular flexibility index (Phi) is 3.71. The van der Waals surface area contributed by atoms with Gasteiger partial charge in [-0.2, -0.15) is 0 Å². The molecular weight excluding hydrogens is 252 g/mol. The minimum Gasteiger partial charge on any atom is -0.392 e. The van der Waals surface area contributed by atoms with Crippen molar-refractivity contribution in [3.63, 3.8) is 0 Å². The number of hydrogen-bond donors (Lipinski definition) is 1. The van der Waals surface area contributed by atoms with Gasteiger partial charge in [0.15, 0.2) is 0 Å². The van der Waals surface area contributed by atoms with E-state index in [1.807, 2.05) is 30.3 Å². The Labute approximate surface area is 110 Å². The molecule has 2 N–H and O–H groups in total. The van der Waals surface area contributed by atoms with E-state index in [-0.39, 0.29) is 5.92 Å². The van der Waals surface area contributed by atoms with Crippen LogP contribution < -0.4 is 5.73 Å². The fourth-order valence-electron chi connectivity index (χ4n) is 1.71. The maximum Gasteiger partial charge on any atom is 0.0864 e. The molecule has 1 heterocycles. The Balaban J connectivity index is 2.51.